The zero-order valence-electron chi connectivity index (χ0n) is 42.5. The number of hydrogen-bond donors (Lipinski definition) is 0. The number of carbonyl (C=O) groups excluding carboxylic acids is 3. The summed E-state index contributed by atoms with van der Waals surface area (Å²) in [6.45, 7) is 12.8. The highest BCUT2D eigenvalue weighted by atomic mass is 16.7. The van der Waals surface area contributed by atoms with Crippen LogP contribution < -0.4 is 0 Å². The van der Waals surface area contributed by atoms with Crippen molar-refractivity contribution in [3.8, 4) is 0 Å². The SMILES string of the molecule is C[C@@H]1CC[C@@]2(OC1)O[C@H]1C[C@H]3[C@@H]4C[C@H](O[C@@H]5O[C@@H](C)[C@H](OC(=O)c6ccccc6)[C@@H](OC(=O)c6ccccc6)[C@H]5OC(=O)c5ccccc5)[C@H]5C[C@@H](OCc6ccccc6)CC[C@]5(C)[C@H]4CC[C@]3(C)[C@H]1[C@@H]2C. The molecule has 4 aromatic rings. The number of ether oxygens (including phenoxy) is 8. The van der Waals surface area contributed by atoms with Gasteiger partial charge in [-0.1, -0.05) is 113 Å². The first-order valence-corrected chi connectivity index (χ1v) is 26.9. The van der Waals surface area contributed by atoms with E-state index in [0.29, 0.717) is 52.9 Å². The van der Waals surface area contributed by atoms with Gasteiger partial charge in [-0.3, -0.25) is 0 Å². The molecule has 11 rings (SSSR count). The van der Waals surface area contributed by atoms with Crippen LogP contribution in [0.25, 0.3) is 0 Å². The van der Waals surface area contributed by atoms with Crippen LogP contribution in [0.1, 0.15) is 129 Å². The molecule has 4 aliphatic carbocycles. The van der Waals surface area contributed by atoms with Gasteiger partial charge in [-0.05, 0) is 147 Å². The van der Waals surface area contributed by atoms with Gasteiger partial charge in [0.15, 0.2) is 30.4 Å². The minimum atomic E-state index is -1.33. The molecule has 18 atom stereocenters. The van der Waals surface area contributed by atoms with E-state index in [1.807, 2.05) is 36.4 Å². The summed E-state index contributed by atoms with van der Waals surface area (Å²) in [5.74, 6) is 0.0475. The smallest absolute Gasteiger partial charge is 0.338 e. The molecule has 0 radical (unpaired) electrons. The molecule has 0 bridgehead atoms. The molecule has 0 aromatic heterocycles. The average Bonchev–Trinajstić information content (AvgIpc) is 3.85. The summed E-state index contributed by atoms with van der Waals surface area (Å²) in [5, 5.41) is 0. The van der Waals surface area contributed by atoms with Crippen molar-refractivity contribution in [3.63, 3.8) is 0 Å². The van der Waals surface area contributed by atoms with Crippen molar-refractivity contribution in [1.29, 1.82) is 0 Å². The van der Waals surface area contributed by atoms with Crippen LogP contribution in [0.3, 0.4) is 0 Å². The summed E-state index contributed by atoms with van der Waals surface area (Å²) < 4.78 is 54.4. The average molecular weight is 981 g/mol. The van der Waals surface area contributed by atoms with E-state index >= 15 is 0 Å². The van der Waals surface area contributed by atoms with Crippen molar-refractivity contribution in [2.75, 3.05) is 6.61 Å². The molecule has 0 amide bonds. The second-order valence-corrected chi connectivity index (χ2v) is 23.0. The Labute approximate surface area is 424 Å². The van der Waals surface area contributed by atoms with Gasteiger partial charge in [0.25, 0.3) is 0 Å². The molecule has 0 unspecified atom stereocenters. The Morgan fingerprint density at radius 2 is 1.17 bits per heavy atom. The molecule has 7 fully saturated rings. The lowest BCUT2D eigenvalue weighted by Crippen LogP contribution is -2.64. The first-order valence-electron chi connectivity index (χ1n) is 26.9. The number of esters is 3. The largest absolute Gasteiger partial charge is 0.452 e. The third-order valence-corrected chi connectivity index (χ3v) is 19.0. The van der Waals surface area contributed by atoms with Crippen LogP contribution in [-0.4, -0.2) is 79.3 Å². The minimum Gasteiger partial charge on any atom is -0.452 e. The van der Waals surface area contributed by atoms with E-state index in [4.69, 9.17) is 37.9 Å². The highest BCUT2D eigenvalue weighted by molar-refractivity contribution is 5.91. The lowest BCUT2D eigenvalue weighted by Gasteiger charge is -2.63. The van der Waals surface area contributed by atoms with E-state index in [-0.39, 0.29) is 41.0 Å². The standard InChI is InChI=1S/C61H72O11/c1-37-26-31-61(66-35-37)38(2)51-50(72-61)34-47-45-33-49(48-32-44(65-36-40-18-10-6-11-19-40)27-29-59(48,4)46(45)28-30-60(47,51)5)68-58-54(71-57(64)43-24-16-9-17-25-43)53(70-56(63)42-22-14-8-15-23-42)52(39(3)67-58)69-55(62)41-20-12-7-13-21-41/h6-25,37-39,44-54,58H,26-36H2,1-5H3/t37-,38+,39+,44+,45-,46+,47+,48-,49+,50+,51+,52+,53-,54-,58+,59-,60+,61-/m1/s1. The molecule has 4 aromatic carbocycles. The third-order valence-electron chi connectivity index (χ3n) is 19.0. The van der Waals surface area contributed by atoms with E-state index < -0.39 is 54.4 Å². The predicted octanol–water partition coefficient (Wildman–Crippen LogP) is 11.4. The zero-order valence-corrected chi connectivity index (χ0v) is 42.5. The number of hydrogen-bond acceptors (Lipinski definition) is 11. The summed E-state index contributed by atoms with van der Waals surface area (Å²) in [6.07, 6.45) is 2.77. The molecule has 0 N–H and O–H groups in total. The van der Waals surface area contributed by atoms with Gasteiger partial charge in [-0.15, -0.1) is 0 Å². The van der Waals surface area contributed by atoms with Crippen LogP contribution >= 0.6 is 0 Å². The summed E-state index contributed by atoms with van der Waals surface area (Å²) >= 11 is 0. The Balaban J connectivity index is 0.947. The normalized spacial score (nSPS) is 39.9. The highest BCUT2D eigenvalue weighted by Crippen LogP contribution is 2.72. The second-order valence-electron chi connectivity index (χ2n) is 23.0. The molecule has 11 heteroatoms. The van der Waals surface area contributed by atoms with Gasteiger partial charge < -0.3 is 37.9 Å². The summed E-state index contributed by atoms with van der Waals surface area (Å²) in [5.41, 5.74) is 2.01. The summed E-state index contributed by atoms with van der Waals surface area (Å²) in [7, 11) is 0. The highest BCUT2D eigenvalue weighted by Gasteiger charge is 2.70. The number of rotatable bonds is 11. The van der Waals surface area contributed by atoms with Crippen LogP contribution in [0.15, 0.2) is 121 Å². The fourth-order valence-corrected chi connectivity index (χ4v) is 15.3. The third kappa shape index (κ3) is 9.13. The maximum Gasteiger partial charge on any atom is 0.338 e. The lowest BCUT2D eigenvalue weighted by atomic mass is 9.43. The number of fused-ring (bicyclic) bond motifs is 7. The van der Waals surface area contributed by atoms with Gasteiger partial charge in [-0.25, -0.2) is 14.4 Å². The van der Waals surface area contributed by atoms with Gasteiger partial charge in [0.05, 0.1) is 54.3 Å². The molecule has 7 aliphatic rings. The van der Waals surface area contributed by atoms with Crippen LogP contribution in [0.4, 0.5) is 0 Å². The van der Waals surface area contributed by atoms with Crippen molar-refractivity contribution in [3.05, 3.63) is 144 Å². The zero-order chi connectivity index (χ0) is 49.8. The van der Waals surface area contributed by atoms with Crippen molar-refractivity contribution in [2.45, 2.75) is 154 Å². The molecular formula is C61H72O11. The fraction of sp³-hybridized carbons (Fsp3) is 0.557. The van der Waals surface area contributed by atoms with Gasteiger partial charge >= 0.3 is 17.9 Å². The Morgan fingerprint density at radius 3 is 1.76 bits per heavy atom. The second kappa shape index (κ2) is 20.1. The van der Waals surface area contributed by atoms with Gasteiger partial charge in [-0.2, -0.15) is 0 Å². The minimum absolute atomic E-state index is 0.00790. The Bertz CT molecular complexity index is 2520. The molecule has 3 heterocycles. The van der Waals surface area contributed by atoms with Gasteiger partial charge in [0.2, 0.25) is 0 Å². The van der Waals surface area contributed by atoms with Crippen LogP contribution in [-0.2, 0) is 44.5 Å². The molecular weight excluding hydrogens is 909 g/mol. The molecule has 72 heavy (non-hydrogen) atoms. The van der Waals surface area contributed by atoms with Gasteiger partial charge in [0.1, 0.15) is 0 Å². The first kappa shape index (κ1) is 49.3. The number of benzene rings is 4. The monoisotopic (exact) mass is 981 g/mol. The van der Waals surface area contributed by atoms with Crippen molar-refractivity contribution in [2.24, 2.45) is 52.3 Å². The van der Waals surface area contributed by atoms with E-state index in [1.165, 1.54) is 0 Å². The lowest BCUT2D eigenvalue weighted by molar-refractivity contribution is -0.320. The van der Waals surface area contributed by atoms with E-state index in [1.54, 1.807) is 79.7 Å². The van der Waals surface area contributed by atoms with E-state index in [2.05, 4.69) is 39.8 Å². The Hall–Kier alpha value is -4.91. The maximum atomic E-state index is 14.4. The molecule has 4 saturated carbocycles. The van der Waals surface area contributed by atoms with Crippen molar-refractivity contribution in [1.82, 2.24) is 0 Å². The molecule has 3 saturated heterocycles. The molecule has 382 valence electrons. The van der Waals surface area contributed by atoms with E-state index in [9.17, 15) is 14.4 Å². The van der Waals surface area contributed by atoms with Crippen molar-refractivity contribution >= 4 is 17.9 Å². The fourth-order valence-electron chi connectivity index (χ4n) is 15.3. The summed E-state index contributed by atoms with van der Waals surface area (Å²) in [4.78, 5) is 42.6. The predicted molar refractivity (Wildman–Crippen MR) is 268 cm³/mol. The Morgan fingerprint density at radius 1 is 0.597 bits per heavy atom. The Kier molecular flexibility index (Phi) is 13.8. The van der Waals surface area contributed by atoms with Crippen molar-refractivity contribution < 1.29 is 52.3 Å². The topological polar surface area (TPSA) is 125 Å². The summed E-state index contributed by atoms with van der Waals surface area (Å²) in [6, 6.07) is 36.4. The number of carbonyl (C=O) groups is 3. The molecule has 1 spiro atoms. The molecule has 11 nitrogen and oxygen atoms in total. The quantitative estimate of drug-likeness (QED) is 0.0810. The van der Waals surface area contributed by atoms with E-state index in [0.717, 1.165) is 70.0 Å². The maximum absolute atomic E-state index is 14.4. The first-order chi connectivity index (χ1) is 34.8. The van der Waals surface area contributed by atoms with Crippen LogP contribution in [0.2, 0.25) is 0 Å². The van der Waals surface area contributed by atoms with Crippen LogP contribution in [0, 0.1) is 52.3 Å². The molecule has 3 aliphatic heterocycles. The van der Waals surface area contributed by atoms with Crippen LogP contribution in [0.5, 0.6) is 0 Å². The van der Waals surface area contributed by atoms with Gasteiger partial charge in [0, 0.05) is 12.3 Å².